The van der Waals surface area contributed by atoms with Gasteiger partial charge in [0.2, 0.25) is 0 Å². The summed E-state index contributed by atoms with van der Waals surface area (Å²) in [4.78, 5) is 0. The Hall–Kier alpha value is -0.290. The van der Waals surface area contributed by atoms with Crippen LogP contribution in [0.15, 0.2) is 18.2 Å². The molecule has 0 spiro atoms. The van der Waals surface area contributed by atoms with Crippen LogP contribution >= 0.6 is 34.5 Å². The Morgan fingerprint density at radius 2 is 2.15 bits per heavy atom. The lowest BCUT2D eigenvalue weighted by Gasteiger charge is -1.98. The van der Waals surface area contributed by atoms with Crippen molar-refractivity contribution in [3.63, 3.8) is 0 Å². The fraction of sp³-hybridized carbons (Fsp3) is 0.111. The Labute approximate surface area is 94.0 Å². The third-order valence-electron chi connectivity index (χ3n) is 2.03. The summed E-state index contributed by atoms with van der Waals surface area (Å²) in [6.45, 7) is 1.94. The van der Waals surface area contributed by atoms with Gasteiger partial charge in [0.1, 0.15) is 11.0 Å². The number of aryl methyl sites for hydroxylation is 1. The zero-order valence-electron chi connectivity index (χ0n) is 6.81. The first-order valence-electron chi connectivity index (χ1n) is 3.73. The zero-order valence-corrected chi connectivity index (χ0v) is 9.73. The maximum Gasteiger partial charge on any atom is 0.148 e. The molecule has 0 bridgehead atoms. The van der Waals surface area contributed by atoms with Crippen LogP contribution in [0.25, 0.3) is 10.9 Å². The van der Waals surface area contributed by atoms with Crippen LogP contribution in [0.1, 0.15) is 5.56 Å². The van der Waals surface area contributed by atoms with Crippen LogP contribution in [0.5, 0.6) is 0 Å². The molecule has 0 aliphatic carbocycles. The van der Waals surface area contributed by atoms with Crippen molar-refractivity contribution in [2.45, 2.75) is 6.92 Å². The molecule has 13 heavy (non-hydrogen) atoms. The molecule has 0 saturated carbocycles. The minimum Gasteiger partial charge on any atom is -0.269 e. The van der Waals surface area contributed by atoms with E-state index in [-0.39, 0.29) is 5.82 Å². The van der Waals surface area contributed by atoms with E-state index < -0.39 is 0 Å². The van der Waals surface area contributed by atoms with E-state index in [1.807, 2.05) is 29.8 Å². The lowest BCUT2D eigenvalue weighted by atomic mass is 10.1. The normalized spacial score (nSPS) is 11.1. The summed E-state index contributed by atoms with van der Waals surface area (Å²) < 4.78 is 15.0. The average molecular weight is 310 g/mol. The van der Waals surface area contributed by atoms with Crippen LogP contribution in [-0.2, 0) is 0 Å². The van der Waals surface area contributed by atoms with Gasteiger partial charge in [0, 0.05) is 5.39 Å². The minimum absolute atomic E-state index is 0.234. The van der Waals surface area contributed by atoms with E-state index in [9.17, 15) is 4.39 Å². The topological polar surface area (TPSA) is 4.93 Å². The van der Waals surface area contributed by atoms with Gasteiger partial charge < -0.3 is 0 Å². The molecule has 0 amide bonds. The van der Waals surface area contributed by atoms with Crippen molar-refractivity contribution in [2.24, 2.45) is 0 Å². The van der Waals surface area contributed by atoms with Crippen molar-refractivity contribution < 1.29 is 4.39 Å². The Kier molecular flexibility index (Phi) is 2.23. The molecule has 0 aliphatic rings. The van der Waals surface area contributed by atoms with Gasteiger partial charge >= 0.3 is 0 Å². The maximum atomic E-state index is 13.4. The molecule has 0 fully saturated rings. The van der Waals surface area contributed by atoms with Crippen molar-refractivity contribution in [1.29, 1.82) is 0 Å². The summed E-state index contributed by atoms with van der Waals surface area (Å²) in [6.07, 6.45) is 0. The van der Waals surface area contributed by atoms with Crippen LogP contribution < -0.4 is 0 Å². The van der Waals surface area contributed by atoms with Gasteiger partial charge in [-0.1, -0.05) is 17.7 Å². The summed E-state index contributed by atoms with van der Waals surface area (Å²) in [5.74, 6) is -0.234. The molecule has 1 aromatic heterocycles. The number of aromatic nitrogens is 1. The van der Waals surface area contributed by atoms with Gasteiger partial charge in [-0.2, -0.15) is 0 Å². The predicted molar refractivity (Wildman–Crippen MR) is 61.1 cm³/mol. The van der Waals surface area contributed by atoms with Gasteiger partial charge in [-0.25, -0.2) is 4.39 Å². The fourth-order valence-corrected chi connectivity index (χ4v) is 2.17. The molecule has 4 heteroatoms. The van der Waals surface area contributed by atoms with Crippen LogP contribution in [0.3, 0.4) is 0 Å². The summed E-state index contributed by atoms with van der Waals surface area (Å²) in [5, 5.41) is 1.42. The van der Waals surface area contributed by atoms with E-state index in [2.05, 4.69) is 0 Å². The zero-order chi connectivity index (χ0) is 9.59. The number of halogens is 3. The van der Waals surface area contributed by atoms with Crippen LogP contribution in [0.2, 0.25) is 5.15 Å². The monoisotopic (exact) mass is 309 g/mol. The van der Waals surface area contributed by atoms with E-state index in [0.29, 0.717) is 10.7 Å². The Morgan fingerprint density at radius 3 is 2.77 bits per heavy atom. The molecule has 0 unspecified atom stereocenters. The SMILES string of the molecule is Cc1ccc(F)c2c1cc(Cl)n2I. The van der Waals surface area contributed by atoms with Gasteiger partial charge in [-0.15, -0.1) is 0 Å². The van der Waals surface area contributed by atoms with E-state index in [0.717, 1.165) is 10.9 Å². The van der Waals surface area contributed by atoms with Crippen LogP contribution in [0, 0.1) is 12.7 Å². The molecular formula is C9H6ClFIN. The van der Waals surface area contributed by atoms with Gasteiger partial charge in [-0.05, 0) is 24.6 Å². The highest BCUT2D eigenvalue weighted by Gasteiger charge is 2.10. The smallest absolute Gasteiger partial charge is 0.148 e. The predicted octanol–water partition coefficient (Wildman–Crippen LogP) is 3.94. The molecule has 2 rings (SSSR count). The van der Waals surface area contributed by atoms with E-state index in [1.165, 1.54) is 6.07 Å². The van der Waals surface area contributed by atoms with Gasteiger partial charge in [0.15, 0.2) is 0 Å². The van der Waals surface area contributed by atoms with E-state index in [4.69, 9.17) is 11.6 Å². The first-order valence-corrected chi connectivity index (χ1v) is 5.08. The van der Waals surface area contributed by atoms with Gasteiger partial charge in [0.25, 0.3) is 0 Å². The fourth-order valence-electron chi connectivity index (χ4n) is 1.35. The second-order valence-electron chi connectivity index (χ2n) is 2.87. The highest BCUT2D eigenvalue weighted by molar-refractivity contribution is 14.1. The van der Waals surface area contributed by atoms with Crippen LogP contribution in [-0.4, -0.2) is 2.78 Å². The van der Waals surface area contributed by atoms with Crippen molar-refractivity contribution >= 4 is 45.4 Å². The quantitative estimate of drug-likeness (QED) is 0.650. The maximum absolute atomic E-state index is 13.4. The summed E-state index contributed by atoms with van der Waals surface area (Å²) in [5.41, 5.74) is 1.60. The molecule has 1 nitrogen and oxygen atoms in total. The molecule has 2 aromatic rings. The van der Waals surface area contributed by atoms with Crippen molar-refractivity contribution in [3.8, 4) is 0 Å². The molecule has 68 valence electrons. The number of nitrogens with zero attached hydrogens (tertiary/aromatic N) is 1. The van der Waals surface area contributed by atoms with Crippen molar-refractivity contribution in [2.75, 3.05) is 0 Å². The Morgan fingerprint density at radius 1 is 1.46 bits per heavy atom. The summed E-state index contributed by atoms with van der Waals surface area (Å²) in [7, 11) is 0. The first kappa shape index (κ1) is 9.27. The van der Waals surface area contributed by atoms with E-state index >= 15 is 0 Å². The molecule has 0 aliphatic heterocycles. The first-order chi connectivity index (χ1) is 6.11. The second kappa shape index (κ2) is 3.13. The van der Waals surface area contributed by atoms with Gasteiger partial charge in [0.05, 0.1) is 28.4 Å². The molecule has 1 aromatic carbocycles. The second-order valence-corrected chi connectivity index (χ2v) is 4.23. The van der Waals surface area contributed by atoms with E-state index in [1.54, 1.807) is 14.9 Å². The highest BCUT2D eigenvalue weighted by Crippen LogP contribution is 2.30. The average Bonchev–Trinajstić information content (AvgIpc) is 2.38. The minimum atomic E-state index is -0.234. The molecule has 0 N–H and O–H groups in total. The van der Waals surface area contributed by atoms with Gasteiger partial charge in [-0.3, -0.25) is 2.78 Å². The molecule has 0 radical (unpaired) electrons. The number of fused-ring (bicyclic) bond motifs is 1. The van der Waals surface area contributed by atoms with Crippen LogP contribution in [0.4, 0.5) is 4.39 Å². The van der Waals surface area contributed by atoms with Crippen molar-refractivity contribution in [3.05, 3.63) is 34.7 Å². The number of rotatable bonds is 0. The number of benzene rings is 1. The lowest BCUT2D eigenvalue weighted by Crippen LogP contribution is -1.84. The molecule has 1 heterocycles. The third-order valence-corrected chi connectivity index (χ3v) is 3.60. The standard InChI is InChI=1S/C9H6ClFIN/c1-5-2-3-7(11)9-6(5)4-8(10)13(9)12/h2-4H,1H3. The number of hydrogen-bond donors (Lipinski definition) is 0. The molecule has 0 saturated heterocycles. The molecular weight excluding hydrogens is 303 g/mol. The number of hydrogen-bond acceptors (Lipinski definition) is 0. The molecule has 0 atom stereocenters. The Bertz CT molecular complexity index is 478. The largest absolute Gasteiger partial charge is 0.269 e. The highest BCUT2D eigenvalue weighted by atomic mass is 127. The third kappa shape index (κ3) is 1.34. The summed E-state index contributed by atoms with van der Waals surface area (Å²) >= 11 is 7.87. The Balaban J connectivity index is 3.00. The lowest BCUT2D eigenvalue weighted by molar-refractivity contribution is 0.636. The summed E-state index contributed by atoms with van der Waals surface area (Å²) in [6, 6.07) is 5.00. The van der Waals surface area contributed by atoms with Crippen molar-refractivity contribution in [1.82, 2.24) is 2.78 Å².